The van der Waals surface area contributed by atoms with Crippen LogP contribution in [0.1, 0.15) is 22.9 Å². The van der Waals surface area contributed by atoms with Crippen molar-refractivity contribution in [2.75, 3.05) is 0 Å². The molecule has 254 valence electrons. The number of benzene rings is 8. The minimum Gasteiger partial charge on any atom is -0.456 e. The first kappa shape index (κ1) is 30.4. The second-order valence-corrected chi connectivity index (χ2v) is 13.8. The lowest BCUT2D eigenvalue weighted by atomic mass is 9.95. The third kappa shape index (κ3) is 5.01. The highest BCUT2D eigenvalue weighted by Gasteiger charge is 2.25. The second-order valence-electron chi connectivity index (χ2n) is 13.8. The fourth-order valence-electron chi connectivity index (χ4n) is 7.91. The van der Waals surface area contributed by atoms with Gasteiger partial charge in [0.1, 0.15) is 34.3 Å². The van der Waals surface area contributed by atoms with Gasteiger partial charge in [-0.05, 0) is 75.0 Å². The quantitative estimate of drug-likeness (QED) is 0.195. The third-order valence-electron chi connectivity index (χ3n) is 10.5. The number of aliphatic imine (C=N–C) groups is 2. The van der Waals surface area contributed by atoms with E-state index in [-0.39, 0.29) is 6.17 Å². The zero-order chi connectivity index (χ0) is 35.6. The summed E-state index contributed by atoms with van der Waals surface area (Å²) in [7, 11) is 0. The standard InChI is InChI=1S/C49H31N3O2/c1-2-11-30(12-3-1)32-21-24-33(25-22-32)47-50-48(35-26-23-31-13-4-5-14-34(31)27-35)52-49(51-47)40-28-36(29-44-46(40)39-16-7-9-19-42(39)54-44)37-17-10-20-43-45(37)38-15-6-8-18-41(38)53-43/h1-29,47H,(H,50,51,52). The van der Waals surface area contributed by atoms with Crippen LogP contribution in [0.5, 0.6) is 0 Å². The highest BCUT2D eigenvalue weighted by Crippen LogP contribution is 2.41. The molecule has 3 heterocycles. The van der Waals surface area contributed by atoms with Crippen LogP contribution in [0.3, 0.4) is 0 Å². The number of para-hydroxylation sites is 2. The fourth-order valence-corrected chi connectivity index (χ4v) is 7.91. The first-order valence-electron chi connectivity index (χ1n) is 18.2. The lowest BCUT2D eigenvalue weighted by molar-refractivity contribution is 0.668. The summed E-state index contributed by atoms with van der Waals surface area (Å²) in [6.07, 6.45) is -0.387. The Morgan fingerprint density at radius 2 is 1.06 bits per heavy atom. The molecule has 1 aliphatic rings. The Bertz CT molecular complexity index is 3130. The van der Waals surface area contributed by atoms with E-state index in [0.717, 1.165) is 88.5 Å². The number of nitrogens with one attached hydrogen (secondary N) is 1. The van der Waals surface area contributed by atoms with Crippen molar-refractivity contribution in [1.29, 1.82) is 0 Å². The monoisotopic (exact) mass is 693 g/mol. The van der Waals surface area contributed by atoms with Crippen LogP contribution in [-0.2, 0) is 0 Å². The molecule has 0 amide bonds. The molecule has 0 fully saturated rings. The molecule has 11 rings (SSSR count). The number of fused-ring (bicyclic) bond motifs is 7. The van der Waals surface area contributed by atoms with Crippen LogP contribution >= 0.6 is 0 Å². The van der Waals surface area contributed by atoms with Crippen LogP contribution in [-0.4, -0.2) is 11.7 Å². The zero-order valence-electron chi connectivity index (χ0n) is 29.0. The van der Waals surface area contributed by atoms with Gasteiger partial charge in [-0.2, -0.15) is 0 Å². The lowest BCUT2D eigenvalue weighted by Gasteiger charge is -2.24. The summed E-state index contributed by atoms with van der Waals surface area (Å²) >= 11 is 0. The topological polar surface area (TPSA) is 63.0 Å². The molecule has 54 heavy (non-hydrogen) atoms. The van der Waals surface area contributed by atoms with E-state index in [2.05, 4.69) is 145 Å². The Balaban J connectivity index is 1.14. The van der Waals surface area contributed by atoms with E-state index in [1.807, 2.05) is 36.4 Å². The third-order valence-corrected chi connectivity index (χ3v) is 10.5. The summed E-state index contributed by atoms with van der Waals surface area (Å²) in [6, 6.07) is 61.0. The van der Waals surface area contributed by atoms with Gasteiger partial charge < -0.3 is 14.2 Å². The molecular formula is C49H31N3O2. The summed E-state index contributed by atoms with van der Waals surface area (Å²) in [5.41, 5.74) is 10.6. The van der Waals surface area contributed by atoms with Crippen molar-refractivity contribution in [3.63, 3.8) is 0 Å². The number of furan rings is 2. The maximum atomic E-state index is 6.61. The van der Waals surface area contributed by atoms with E-state index < -0.39 is 0 Å². The number of hydrogen-bond acceptors (Lipinski definition) is 5. The molecular weight excluding hydrogens is 663 g/mol. The Kier molecular flexibility index (Phi) is 6.85. The van der Waals surface area contributed by atoms with Crippen LogP contribution in [0.25, 0.3) is 76.9 Å². The van der Waals surface area contributed by atoms with Crippen LogP contribution in [0, 0.1) is 0 Å². The molecule has 5 heteroatoms. The zero-order valence-corrected chi connectivity index (χ0v) is 29.0. The summed E-state index contributed by atoms with van der Waals surface area (Å²) in [5, 5.41) is 10.2. The molecule has 0 aliphatic carbocycles. The van der Waals surface area contributed by atoms with E-state index in [1.54, 1.807) is 0 Å². The van der Waals surface area contributed by atoms with Crippen molar-refractivity contribution >= 4 is 66.3 Å². The van der Waals surface area contributed by atoms with Crippen molar-refractivity contribution in [3.8, 4) is 22.3 Å². The van der Waals surface area contributed by atoms with E-state index >= 15 is 0 Å². The largest absolute Gasteiger partial charge is 0.456 e. The molecule has 5 nitrogen and oxygen atoms in total. The number of rotatable bonds is 5. The first-order chi connectivity index (χ1) is 26.7. The minimum absolute atomic E-state index is 0.387. The normalized spacial score (nSPS) is 14.5. The molecule has 0 saturated heterocycles. The van der Waals surface area contributed by atoms with Gasteiger partial charge in [0.05, 0.1) is 0 Å². The highest BCUT2D eigenvalue weighted by atomic mass is 16.3. The molecule has 8 aromatic carbocycles. The molecule has 0 spiro atoms. The average Bonchev–Trinajstić information content (AvgIpc) is 3.82. The molecule has 0 bridgehead atoms. The van der Waals surface area contributed by atoms with Gasteiger partial charge in [-0.25, -0.2) is 9.98 Å². The van der Waals surface area contributed by atoms with E-state index in [0.29, 0.717) is 5.84 Å². The SMILES string of the molecule is c1ccc(-c2ccc(C3N=C(c4cc(-c5cccc6oc7ccccc7c56)cc5oc6ccccc6c45)N=C(c4ccc5ccccc5c4)N3)cc2)cc1. The molecule has 2 aromatic heterocycles. The minimum atomic E-state index is -0.387. The molecule has 1 atom stereocenters. The predicted octanol–water partition coefficient (Wildman–Crippen LogP) is 12.5. The summed E-state index contributed by atoms with van der Waals surface area (Å²) in [6.45, 7) is 0. The molecule has 0 saturated carbocycles. The van der Waals surface area contributed by atoms with Gasteiger partial charge in [-0.3, -0.25) is 0 Å². The van der Waals surface area contributed by atoms with E-state index in [1.165, 1.54) is 10.9 Å². The number of amidine groups is 2. The summed E-state index contributed by atoms with van der Waals surface area (Å²) in [4.78, 5) is 10.7. The Labute approximate surface area is 310 Å². The van der Waals surface area contributed by atoms with Crippen LogP contribution < -0.4 is 5.32 Å². The molecule has 1 N–H and O–H groups in total. The van der Waals surface area contributed by atoms with Gasteiger partial charge in [0, 0.05) is 32.7 Å². The van der Waals surface area contributed by atoms with Crippen molar-refractivity contribution < 1.29 is 8.83 Å². The first-order valence-corrected chi connectivity index (χ1v) is 18.2. The van der Waals surface area contributed by atoms with Gasteiger partial charge >= 0.3 is 0 Å². The maximum Gasteiger partial charge on any atom is 0.160 e. The molecule has 1 aliphatic heterocycles. The van der Waals surface area contributed by atoms with Gasteiger partial charge in [-0.15, -0.1) is 0 Å². The van der Waals surface area contributed by atoms with Crippen molar-refractivity contribution in [1.82, 2.24) is 5.32 Å². The van der Waals surface area contributed by atoms with Crippen LogP contribution in [0.4, 0.5) is 0 Å². The fraction of sp³-hybridized carbons (Fsp3) is 0.0204. The Morgan fingerprint density at radius 3 is 1.85 bits per heavy atom. The van der Waals surface area contributed by atoms with Crippen molar-refractivity contribution in [3.05, 3.63) is 193 Å². The van der Waals surface area contributed by atoms with E-state index in [4.69, 9.17) is 18.8 Å². The van der Waals surface area contributed by atoms with Gasteiger partial charge in [0.15, 0.2) is 5.84 Å². The number of nitrogens with zero attached hydrogens (tertiary/aromatic N) is 2. The second kappa shape index (κ2) is 12.2. The van der Waals surface area contributed by atoms with Crippen LogP contribution in [0.15, 0.2) is 195 Å². The van der Waals surface area contributed by atoms with Crippen molar-refractivity contribution in [2.24, 2.45) is 9.98 Å². The van der Waals surface area contributed by atoms with Gasteiger partial charge in [-0.1, -0.05) is 140 Å². The maximum absolute atomic E-state index is 6.61. The summed E-state index contributed by atoms with van der Waals surface area (Å²) < 4.78 is 12.9. The number of hydrogen-bond donors (Lipinski definition) is 1. The molecule has 0 radical (unpaired) electrons. The van der Waals surface area contributed by atoms with Gasteiger partial charge in [0.25, 0.3) is 0 Å². The lowest BCUT2D eigenvalue weighted by Crippen LogP contribution is -2.33. The smallest absolute Gasteiger partial charge is 0.160 e. The highest BCUT2D eigenvalue weighted by molar-refractivity contribution is 6.23. The summed E-state index contributed by atoms with van der Waals surface area (Å²) in [5.74, 6) is 1.40. The molecule has 1 unspecified atom stereocenters. The van der Waals surface area contributed by atoms with E-state index in [9.17, 15) is 0 Å². The Morgan fingerprint density at radius 1 is 0.426 bits per heavy atom. The average molecular weight is 694 g/mol. The predicted molar refractivity (Wildman–Crippen MR) is 221 cm³/mol. The van der Waals surface area contributed by atoms with Crippen LogP contribution in [0.2, 0.25) is 0 Å². The van der Waals surface area contributed by atoms with Gasteiger partial charge in [0.2, 0.25) is 0 Å². The Hall–Kier alpha value is -7.24. The molecule has 10 aromatic rings. The van der Waals surface area contributed by atoms with Crippen molar-refractivity contribution in [2.45, 2.75) is 6.17 Å².